The molecule has 0 saturated heterocycles. The molecule has 3 heterocycles. The van der Waals surface area contributed by atoms with Crippen LogP contribution in [-0.4, -0.2) is 19.6 Å². The predicted molar refractivity (Wildman–Crippen MR) is 160 cm³/mol. The fourth-order valence-electron chi connectivity index (χ4n) is 5.55. The highest BCUT2D eigenvalue weighted by atomic mass is 16.3. The molecule has 0 aliphatic rings. The molecule has 7 rings (SSSR count). The molecule has 1 N–H and O–H groups in total. The monoisotopic (exact) mass is 505 g/mol. The van der Waals surface area contributed by atoms with E-state index in [1.165, 1.54) is 10.8 Å². The van der Waals surface area contributed by atoms with Crippen LogP contribution in [0.25, 0.3) is 49.7 Å². The van der Waals surface area contributed by atoms with Gasteiger partial charge in [-0.3, -0.25) is 4.57 Å². The van der Waals surface area contributed by atoms with Crippen LogP contribution in [-0.2, 0) is 5.41 Å². The third-order valence-corrected chi connectivity index (χ3v) is 7.82. The van der Waals surface area contributed by atoms with Crippen LogP contribution in [0.15, 0.2) is 121 Å². The van der Waals surface area contributed by atoms with Gasteiger partial charge in [0.2, 0.25) is 0 Å². The minimum absolute atomic E-state index is 0.200. The molecule has 3 aromatic heterocycles. The molecule has 0 unspecified atom stereocenters. The van der Waals surface area contributed by atoms with Crippen LogP contribution in [0.4, 0.5) is 0 Å². The van der Waals surface area contributed by atoms with E-state index in [1.54, 1.807) is 6.07 Å². The minimum atomic E-state index is -0.392. The van der Waals surface area contributed by atoms with Gasteiger partial charge in [-0.2, -0.15) is 0 Å². The maximum absolute atomic E-state index is 10.4. The Hall–Kier alpha value is -4.96. The summed E-state index contributed by atoms with van der Waals surface area (Å²) in [6.07, 6.45) is 1.95. The smallest absolute Gasteiger partial charge is 0.141 e. The maximum atomic E-state index is 10.4. The lowest BCUT2D eigenvalue weighted by Gasteiger charge is -2.25. The number of pyridine rings is 2. The van der Waals surface area contributed by atoms with Crippen LogP contribution in [0.2, 0.25) is 0 Å². The molecule has 0 saturated carbocycles. The van der Waals surface area contributed by atoms with Crippen LogP contribution in [0.1, 0.15) is 25.1 Å². The highest BCUT2D eigenvalue weighted by Crippen LogP contribution is 2.38. The van der Waals surface area contributed by atoms with Crippen molar-refractivity contribution in [3.8, 4) is 22.7 Å². The largest absolute Gasteiger partial charge is 0.506 e. The summed E-state index contributed by atoms with van der Waals surface area (Å²) in [5.74, 6) is 1.08. The van der Waals surface area contributed by atoms with E-state index in [1.807, 2.05) is 42.6 Å². The van der Waals surface area contributed by atoms with E-state index in [4.69, 9.17) is 9.97 Å². The van der Waals surface area contributed by atoms with Gasteiger partial charge in [0.25, 0.3) is 0 Å². The van der Waals surface area contributed by atoms with E-state index in [-0.39, 0.29) is 5.75 Å². The minimum Gasteiger partial charge on any atom is -0.506 e. The zero-order chi connectivity index (χ0) is 26.6. The molecule has 4 nitrogen and oxygen atoms in total. The number of nitrogens with zero attached hydrogens (tertiary/aromatic N) is 3. The lowest BCUT2D eigenvalue weighted by molar-refractivity contribution is 0.480. The summed E-state index contributed by atoms with van der Waals surface area (Å²) in [6, 6.07) is 39.3. The van der Waals surface area contributed by atoms with Crippen molar-refractivity contribution < 1.29 is 5.11 Å². The Balaban J connectivity index is 1.40. The normalized spacial score (nSPS) is 11.9. The first-order valence-corrected chi connectivity index (χ1v) is 13.2. The van der Waals surface area contributed by atoms with Gasteiger partial charge in [0.05, 0.1) is 16.7 Å². The van der Waals surface area contributed by atoms with Crippen LogP contribution in [0, 0.1) is 0 Å². The molecule has 0 bridgehead atoms. The molecule has 39 heavy (non-hydrogen) atoms. The summed E-state index contributed by atoms with van der Waals surface area (Å²) >= 11 is 0. The maximum Gasteiger partial charge on any atom is 0.141 e. The van der Waals surface area contributed by atoms with E-state index in [0.717, 1.165) is 44.6 Å². The van der Waals surface area contributed by atoms with Crippen LogP contribution < -0.4 is 0 Å². The number of rotatable bonds is 4. The van der Waals surface area contributed by atoms with Crippen molar-refractivity contribution in [1.29, 1.82) is 0 Å². The highest BCUT2D eigenvalue weighted by Gasteiger charge is 2.27. The molecule has 4 aromatic carbocycles. The zero-order valence-electron chi connectivity index (χ0n) is 21.8. The van der Waals surface area contributed by atoms with Crippen molar-refractivity contribution in [1.82, 2.24) is 14.5 Å². The number of phenolic OH excluding ortho intramolecular Hbond substituents is 1. The number of para-hydroxylation sites is 2. The van der Waals surface area contributed by atoms with Gasteiger partial charge in [0, 0.05) is 33.3 Å². The first-order valence-electron chi connectivity index (χ1n) is 13.2. The Morgan fingerprint density at radius 3 is 2.28 bits per heavy atom. The fourth-order valence-corrected chi connectivity index (χ4v) is 5.55. The number of fused-ring (bicyclic) bond motifs is 4. The summed E-state index contributed by atoms with van der Waals surface area (Å²) in [7, 11) is 0. The predicted octanol–water partition coefficient (Wildman–Crippen LogP) is 8.43. The van der Waals surface area contributed by atoms with Gasteiger partial charge >= 0.3 is 0 Å². The van der Waals surface area contributed by atoms with Crippen molar-refractivity contribution in [3.05, 3.63) is 133 Å². The van der Waals surface area contributed by atoms with Gasteiger partial charge in [-0.25, -0.2) is 9.97 Å². The number of aromatic hydroxyl groups is 1. The summed E-state index contributed by atoms with van der Waals surface area (Å²) in [4.78, 5) is 9.81. The molecular weight excluding hydrogens is 478 g/mol. The summed E-state index contributed by atoms with van der Waals surface area (Å²) < 4.78 is 2.25. The zero-order valence-corrected chi connectivity index (χ0v) is 21.8. The van der Waals surface area contributed by atoms with E-state index in [2.05, 4.69) is 91.2 Å². The van der Waals surface area contributed by atoms with E-state index < -0.39 is 5.41 Å². The van der Waals surface area contributed by atoms with E-state index >= 15 is 0 Å². The molecular formula is C35H27N3O. The Morgan fingerprint density at radius 1 is 0.667 bits per heavy atom. The van der Waals surface area contributed by atoms with E-state index in [0.29, 0.717) is 5.52 Å². The SMILES string of the molecule is CC(C)(c1ccc2c3ccccc3n(-c3ccc(-c4ccccc4)cn3)c2c1)c1ccc2cccc(O)c2n1. The van der Waals surface area contributed by atoms with Gasteiger partial charge in [-0.05, 0) is 47.5 Å². The quantitative estimate of drug-likeness (QED) is 0.261. The Kier molecular flexibility index (Phi) is 5.24. The van der Waals surface area contributed by atoms with Crippen LogP contribution in [0.3, 0.4) is 0 Å². The number of hydrogen-bond acceptors (Lipinski definition) is 3. The number of hydrogen-bond donors (Lipinski definition) is 1. The molecule has 0 fully saturated rings. The molecule has 7 aromatic rings. The van der Waals surface area contributed by atoms with Gasteiger partial charge in [-0.1, -0.05) is 92.7 Å². The number of aromatic nitrogens is 3. The highest BCUT2D eigenvalue weighted by molar-refractivity contribution is 6.09. The van der Waals surface area contributed by atoms with E-state index in [9.17, 15) is 5.11 Å². The van der Waals surface area contributed by atoms with Gasteiger partial charge in [0.1, 0.15) is 17.1 Å². The lowest BCUT2D eigenvalue weighted by Crippen LogP contribution is -2.20. The van der Waals surface area contributed by atoms with Crippen LogP contribution >= 0.6 is 0 Å². The fraction of sp³-hybridized carbons (Fsp3) is 0.0857. The summed E-state index contributed by atoms with van der Waals surface area (Å²) in [6.45, 7) is 4.37. The summed E-state index contributed by atoms with van der Waals surface area (Å²) in [5, 5.41) is 13.7. The average molecular weight is 506 g/mol. The molecule has 0 radical (unpaired) electrons. The van der Waals surface area contributed by atoms with Crippen molar-refractivity contribution in [2.45, 2.75) is 19.3 Å². The Bertz CT molecular complexity index is 1990. The molecule has 188 valence electrons. The first kappa shape index (κ1) is 23.2. The molecule has 0 atom stereocenters. The Morgan fingerprint density at radius 2 is 1.46 bits per heavy atom. The molecule has 0 spiro atoms. The topological polar surface area (TPSA) is 50.9 Å². The second-order valence-corrected chi connectivity index (χ2v) is 10.5. The first-order chi connectivity index (χ1) is 19.0. The van der Waals surface area contributed by atoms with Crippen molar-refractivity contribution in [2.24, 2.45) is 0 Å². The standard InChI is InChI=1S/C35H27N3O/c1-35(2,32-19-15-24-11-8-14-31(39)34(24)37-32)26-17-18-28-27-12-6-7-13-29(27)38(30(28)21-26)33-20-16-25(22-36-33)23-9-4-3-5-10-23/h3-22,39H,1-2H3. The van der Waals surface area contributed by atoms with Crippen molar-refractivity contribution >= 4 is 32.7 Å². The van der Waals surface area contributed by atoms with Gasteiger partial charge in [-0.15, -0.1) is 0 Å². The third-order valence-electron chi connectivity index (χ3n) is 7.82. The number of benzene rings is 4. The van der Waals surface area contributed by atoms with Crippen LogP contribution in [0.5, 0.6) is 5.75 Å². The second-order valence-electron chi connectivity index (χ2n) is 10.5. The summed E-state index contributed by atoms with van der Waals surface area (Å²) in [5.41, 5.74) is 6.74. The molecule has 0 aliphatic carbocycles. The average Bonchev–Trinajstić information content (AvgIpc) is 3.31. The number of phenols is 1. The van der Waals surface area contributed by atoms with Gasteiger partial charge in [0.15, 0.2) is 0 Å². The Labute approximate surface area is 226 Å². The molecule has 4 heteroatoms. The lowest BCUT2D eigenvalue weighted by atomic mass is 9.80. The molecule has 0 amide bonds. The van der Waals surface area contributed by atoms with Crippen molar-refractivity contribution in [3.63, 3.8) is 0 Å². The third kappa shape index (κ3) is 3.76. The van der Waals surface area contributed by atoms with Gasteiger partial charge < -0.3 is 5.11 Å². The second kappa shape index (κ2) is 8.81. The van der Waals surface area contributed by atoms with Crippen molar-refractivity contribution in [2.75, 3.05) is 0 Å². The molecule has 0 aliphatic heterocycles.